The normalized spacial score (nSPS) is 18.9. The van der Waals surface area contributed by atoms with Gasteiger partial charge in [0.25, 0.3) is 0 Å². The molecule has 0 radical (unpaired) electrons. The van der Waals surface area contributed by atoms with Gasteiger partial charge in [0.05, 0.1) is 13.2 Å². The quantitative estimate of drug-likeness (QED) is 0.670. The van der Waals surface area contributed by atoms with E-state index in [9.17, 15) is 4.79 Å². The van der Waals surface area contributed by atoms with E-state index in [0.29, 0.717) is 17.7 Å². The largest absolute Gasteiger partial charge is 0.497 e. The lowest BCUT2D eigenvalue weighted by Crippen LogP contribution is -2.05. The van der Waals surface area contributed by atoms with Gasteiger partial charge in [-0.2, -0.15) is 5.26 Å². The van der Waals surface area contributed by atoms with E-state index in [-0.39, 0.29) is 5.78 Å². The first-order chi connectivity index (χ1) is 6.76. The Kier molecular flexibility index (Phi) is 1.97. The lowest BCUT2D eigenvalue weighted by Gasteiger charge is -2.01. The maximum Gasteiger partial charge on any atom is 0.180 e. The minimum absolute atomic E-state index is 0.0820. The zero-order valence-electron chi connectivity index (χ0n) is 7.78. The molecule has 0 bridgehead atoms. The molecule has 70 valence electrons. The molecule has 0 saturated heterocycles. The summed E-state index contributed by atoms with van der Waals surface area (Å²) in [6, 6.07) is 7.37. The van der Waals surface area contributed by atoms with Crippen molar-refractivity contribution in [1.29, 1.82) is 5.26 Å². The molecule has 0 heterocycles. The fraction of sp³-hybridized carbons (Fsp3) is 0.273. The standard InChI is InChI=1S/C11H9NO2/c1-14-9-3-2-7-4-8(6-12)11(13)10(7)5-9/h2-3,5,8H,4H2,1H3. The smallest absolute Gasteiger partial charge is 0.180 e. The van der Waals surface area contributed by atoms with Gasteiger partial charge in [0.2, 0.25) is 0 Å². The number of fused-ring (bicyclic) bond motifs is 1. The number of ether oxygens (including phenoxy) is 1. The summed E-state index contributed by atoms with van der Waals surface area (Å²) >= 11 is 0. The summed E-state index contributed by atoms with van der Waals surface area (Å²) in [4.78, 5) is 11.6. The van der Waals surface area contributed by atoms with Crippen molar-refractivity contribution in [2.45, 2.75) is 6.42 Å². The van der Waals surface area contributed by atoms with Gasteiger partial charge in [-0.05, 0) is 24.1 Å². The van der Waals surface area contributed by atoms with Gasteiger partial charge in [-0.15, -0.1) is 0 Å². The number of Topliss-reactive ketones (excluding diaryl/α,β-unsaturated/α-hetero) is 1. The number of rotatable bonds is 1. The Hall–Kier alpha value is -1.82. The molecule has 0 amide bonds. The summed E-state index contributed by atoms with van der Waals surface area (Å²) in [7, 11) is 1.56. The van der Waals surface area contributed by atoms with E-state index in [4.69, 9.17) is 10.00 Å². The van der Waals surface area contributed by atoms with Crippen LogP contribution in [0.25, 0.3) is 0 Å². The van der Waals surface area contributed by atoms with Crippen LogP contribution in [0.3, 0.4) is 0 Å². The molecular formula is C11H9NO2. The third-order valence-electron chi connectivity index (χ3n) is 2.48. The summed E-state index contributed by atoms with van der Waals surface area (Å²) < 4.78 is 5.02. The van der Waals surface area contributed by atoms with Crippen molar-refractivity contribution in [1.82, 2.24) is 0 Å². The molecule has 0 aromatic heterocycles. The van der Waals surface area contributed by atoms with Crippen LogP contribution in [0.1, 0.15) is 15.9 Å². The van der Waals surface area contributed by atoms with Gasteiger partial charge >= 0.3 is 0 Å². The summed E-state index contributed by atoms with van der Waals surface area (Å²) in [5.74, 6) is 0.0780. The second-order valence-corrected chi connectivity index (χ2v) is 3.27. The van der Waals surface area contributed by atoms with Crippen molar-refractivity contribution >= 4 is 5.78 Å². The molecule has 1 aromatic rings. The first-order valence-electron chi connectivity index (χ1n) is 4.37. The summed E-state index contributed by atoms with van der Waals surface area (Å²) in [5, 5.41) is 8.73. The van der Waals surface area contributed by atoms with E-state index in [1.54, 1.807) is 13.2 Å². The van der Waals surface area contributed by atoms with Crippen LogP contribution in [-0.2, 0) is 6.42 Å². The SMILES string of the molecule is COc1ccc2c(c1)C(=O)C(C#N)C2. The highest BCUT2D eigenvalue weighted by atomic mass is 16.5. The Labute approximate surface area is 81.9 Å². The number of methoxy groups -OCH3 is 1. The van der Waals surface area contributed by atoms with Crippen molar-refractivity contribution in [2.75, 3.05) is 7.11 Å². The van der Waals surface area contributed by atoms with E-state index >= 15 is 0 Å². The van der Waals surface area contributed by atoms with Crippen molar-refractivity contribution in [3.05, 3.63) is 29.3 Å². The van der Waals surface area contributed by atoms with Crippen molar-refractivity contribution in [2.24, 2.45) is 5.92 Å². The van der Waals surface area contributed by atoms with Crippen molar-refractivity contribution in [3.63, 3.8) is 0 Å². The molecule has 2 rings (SSSR count). The Bertz CT molecular complexity index is 431. The van der Waals surface area contributed by atoms with E-state index in [0.717, 1.165) is 5.56 Å². The van der Waals surface area contributed by atoms with Crippen LogP contribution < -0.4 is 4.74 Å². The molecule has 3 heteroatoms. The van der Waals surface area contributed by atoms with Gasteiger partial charge in [0.15, 0.2) is 5.78 Å². The van der Waals surface area contributed by atoms with Gasteiger partial charge in [0, 0.05) is 5.56 Å². The Morgan fingerprint density at radius 1 is 1.57 bits per heavy atom. The lowest BCUT2D eigenvalue weighted by atomic mass is 10.1. The van der Waals surface area contributed by atoms with Crippen LogP contribution in [0.5, 0.6) is 5.75 Å². The van der Waals surface area contributed by atoms with E-state index < -0.39 is 5.92 Å². The molecule has 0 spiro atoms. The number of hydrogen-bond donors (Lipinski definition) is 0. The number of ketones is 1. The second-order valence-electron chi connectivity index (χ2n) is 3.27. The zero-order valence-corrected chi connectivity index (χ0v) is 7.78. The molecule has 3 nitrogen and oxygen atoms in total. The topological polar surface area (TPSA) is 50.1 Å². The predicted octanol–water partition coefficient (Wildman–Crippen LogP) is 1.57. The molecule has 14 heavy (non-hydrogen) atoms. The fourth-order valence-corrected chi connectivity index (χ4v) is 1.69. The highest BCUT2D eigenvalue weighted by molar-refractivity contribution is 6.04. The maximum atomic E-state index is 11.6. The molecule has 1 aliphatic rings. The summed E-state index contributed by atoms with van der Waals surface area (Å²) in [6.45, 7) is 0. The molecule has 1 unspecified atom stereocenters. The second kappa shape index (κ2) is 3.15. The molecule has 0 N–H and O–H groups in total. The monoisotopic (exact) mass is 187 g/mol. The summed E-state index contributed by atoms with van der Waals surface area (Å²) in [6.07, 6.45) is 0.536. The van der Waals surface area contributed by atoms with Crippen molar-refractivity contribution in [3.8, 4) is 11.8 Å². The van der Waals surface area contributed by atoms with E-state index in [2.05, 4.69) is 0 Å². The Morgan fingerprint density at radius 2 is 2.36 bits per heavy atom. The molecule has 0 fully saturated rings. The minimum atomic E-state index is -0.503. The molecular weight excluding hydrogens is 178 g/mol. The van der Waals surface area contributed by atoms with Gasteiger partial charge in [-0.3, -0.25) is 4.79 Å². The zero-order chi connectivity index (χ0) is 10.1. The van der Waals surface area contributed by atoms with Crippen LogP contribution in [-0.4, -0.2) is 12.9 Å². The number of carbonyl (C=O) groups is 1. The van der Waals surface area contributed by atoms with E-state index in [1.165, 1.54) is 0 Å². The van der Waals surface area contributed by atoms with Gasteiger partial charge < -0.3 is 4.74 Å². The number of nitrogens with zero attached hydrogens (tertiary/aromatic N) is 1. The van der Waals surface area contributed by atoms with Crippen LogP contribution >= 0.6 is 0 Å². The molecule has 0 aliphatic heterocycles. The lowest BCUT2D eigenvalue weighted by molar-refractivity contribution is 0.0963. The average Bonchev–Trinajstić information content (AvgIpc) is 2.55. The van der Waals surface area contributed by atoms with E-state index in [1.807, 2.05) is 18.2 Å². The van der Waals surface area contributed by atoms with Crippen LogP contribution in [0.2, 0.25) is 0 Å². The third kappa shape index (κ3) is 1.16. The highest BCUT2D eigenvalue weighted by Crippen LogP contribution is 2.29. The van der Waals surface area contributed by atoms with Crippen molar-refractivity contribution < 1.29 is 9.53 Å². The number of hydrogen-bond acceptors (Lipinski definition) is 3. The first kappa shape index (κ1) is 8.76. The number of carbonyl (C=O) groups excluding carboxylic acids is 1. The molecule has 0 saturated carbocycles. The van der Waals surface area contributed by atoms with Gasteiger partial charge in [-0.1, -0.05) is 6.07 Å². The molecule has 1 atom stereocenters. The fourth-order valence-electron chi connectivity index (χ4n) is 1.69. The first-order valence-corrected chi connectivity index (χ1v) is 4.37. The molecule has 1 aromatic carbocycles. The average molecular weight is 187 g/mol. The number of benzene rings is 1. The van der Waals surface area contributed by atoms with Crippen LogP contribution in [0, 0.1) is 17.2 Å². The van der Waals surface area contributed by atoms with Gasteiger partial charge in [-0.25, -0.2) is 0 Å². The third-order valence-corrected chi connectivity index (χ3v) is 2.48. The van der Waals surface area contributed by atoms with Gasteiger partial charge in [0.1, 0.15) is 11.7 Å². The Balaban J connectivity index is 2.46. The minimum Gasteiger partial charge on any atom is -0.497 e. The number of nitriles is 1. The molecule has 1 aliphatic carbocycles. The highest BCUT2D eigenvalue weighted by Gasteiger charge is 2.30. The predicted molar refractivity (Wildman–Crippen MR) is 50.1 cm³/mol. The summed E-state index contributed by atoms with van der Waals surface area (Å²) in [5.41, 5.74) is 1.58. The van der Waals surface area contributed by atoms with Crippen LogP contribution in [0.4, 0.5) is 0 Å². The Morgan fingerprint density at radius 3 is 3.00 bits per heavy atom. The van der Waals surface area contributed by atoms with Crippen LogP contribution in [0.15, 0.2) is 18.2 Å². The maximum absolute atomic E-state index is 11.6.